The second kappa shape index (κ2) is 11.8. The minimum absolute atomic E-state index is 0.0760. The summed E-state index contributed by atoms with van der Waals surface area (Å²) in [5, 5.41) is 3.67. The van der Waals surface area contributed by atoms with Crippen molar-refractivity contribution in [2.24, 2.45) is 0 Å². The lowest BCUT2D eigenvalue weighted by Crippen LogP contribution is -2.25. The highest BCUT2D eigenvalue weighted by atomic mass is 35.5. The van der Waals surface area contributed by atoms with Gasteiger partial charge in [-0.25, -0.2) is 0 Å². The maximum absolute atomic E-state index is 12.2. The molecule has 1 amide bonds. The van der Waals surface area contributed by atoms with Gasteiger partial charge in [-0.15, -0.1) is 23.5 Å². The lowest BCUT2D eigenvalue weighted by Gasteiger charge is -2.08. The van der Waals surface area contributed by atoms with Gasteiger partial charge in [0, 0.05) is 38.4 Å². The van der Waals surface area contributed by atoms with Crippen LogP contribution in [0.15, 0.2) is 88.7 Å². The van der Waals surface area contributed by atoms with Gasteiger partial charge < -0.3 is 10.1 Å². The highest BCUT2D eigenvalue weighted by Gasteiger charge is 2.05. The summed E-state index contributed by atoms with van der Waals surface area (Å²) in [5.74, 6) is 2.37. The van der Waals surface area contributed by atoms with Gasteiger partial charge in [0.25, 0.3) is 5.91 Å². The van der Waals surface area contributed by atoms with E-state index >= 15 is 0 Å². The third kappa shape index (κ3) is 7.69. The largest absolute Gasteiger partial charge is 0.493 e. The lowest BCUT2D eigenvalue weighted by molar-refractivity contribution is 0.0956. The molecule has 0 aliphatic rings. The van der Waals surface area contributed by atoms with E-state index in [9.17, 15) is 4.79 Å². The molecule has 1 N–H and O–H groups in total. The molecule has 3 aromatic rings. The molecule has 3 aromatic carbocycles. The van der Waals surface area contributed by atoms with Crippen molar-refractivity contribution in [3.8, 4) is 5.75 Å². The number of rotatable bonds is 10. The van der Waals surface area contributed by atoms with Crippen molar-refractivity contribution in [3.05, 3.63) is 89.4 Å². The maximum atomic E-state index is 12.2. The van der Waals surface area contributed by atoms with Crippen molar-refractivity contribution in [1.29, 1.82) is 0 Å². The first-order valence-electron chi connectivity index (χ1n) is 9.28. The van der Waals surface area contributed by atoms with E-state index in [1.165, 1.54) is 4.90 Å². The Morgan fingerprint density at radius 2 is 1.48 bits per heavy atom. The average molecular weight is 444 g/mol. The van der Waals surface area contributed by atoms with E-state index in [-0.39, 0.29) is 5.91 Å². The van der Waals surface area contributed by atoms with E-state index in [0.717, 1.165) is 27.2 Å². The highest BCUT2D eigenvalue weighted by molar-refractivity contribution is 7.99. The van der Waals surface area contributed by atoms with E-state index in [4.69, 9.17) is 16.3 Å². The Hall–Kier alpha value is -2.08. The standard InChI is InChI=1S/C23H22ClNO2S2/c24-19-8-12-22(13-9-19)28-16-14-25-23(26)18-6-10-20(11-7-18)27-15-17-29-21-4-2-1-3-5-21/h1-13H,14-17H2,(H,25,26). The molecule has 0 aliphatic carbocycles. The van der Waals surface area contributed by atoms with Crippen LogP contribution in [0.3, 0.4) is 0 Å². The molecule has 0 heterocycles. The normalized spacial score (nSPS) is 10.5. The zero-order valence-electron chi connectivity index (χ0n) is 15.8. The Bertz CT molecular complexity index is 887. The predicted octanol–water partition coefficient (Wildman–Crippen LogP) is 6.03. The van der Waals surface area contributed by atoms with Crippen molar-refractivity contribution >= 4 is 41.0 Å². The summed E-state index contributed by atoms with van der Waals surface area (Å²) in [6.07, 6.45) is 0. The van der Waals surface area contributed by atoms with E-state index in [1.54, 1.807) is 35.7 Å². The fraction of sp³-hybridized carbons (Fsp3) is 0.174. The molecule has 0 atom stereocenters. The first-order chi connectivity index (χ1) is 14.2. The number of ether oxygens (including phenoxy) is 1. The quantitative estimate of drug-likeness (QED) is 0.306. The molecule has 0 spiro atoms. The Kier molecular flexibility index (Phi) is 8.81. The zero-order chi connectivity index (χ0) is 20.3. The van der Waals surface area contributed by atoms with Crippen LogP contribution in [0.25, 0.3) is 0 Å². The molecule has 6 heteroatoms. The fourth-order valence-electron chi connectivity index (χ4n) is 2.50. The average Bonchev–Trinajstić information content (AvgIpc) is 2.76. The molecule has 29 heavy (non-hydrogen) atoms. The summed E-state index contributed by atoms with van der Waals surface area (Å²) in [6.45, 7) is 1.22. The van der Waals surface area contributed by atoms with Gasteiger partial charge in [-0.05, 0) is 60.7 Å². The van der Waals surface area contributed by atoms with Crippen molar-refractivity contribution < 1.29 is 9.53 Å². The zero-order valence-corrected chi connectivity index (χ0v) is 18.2. The van der Waals surface area contributed by atoms with Crippen LogP contribution in [-0.4, -0.2) is 30.6 Å². The number of halogens is 1. The van der Waals surface area contributed by atoms with Crippen molar-refractivity contribution in [2.45, 2.75) is 9.79 Å². The van der Waals surface area contributed by atoms with Crippen molar-refractivity contribution in [1.82, 2.24) is 5.32 Å². The molecule has 0 aromatic heterocycles. The smallest absolute Gasteiger partial charge is 0.251 e. The Labute approximate surface area is 185 Å². The summed E-state index contributed by atoms with van der Waals surface area (Å²) >= 11 is 9.32. The fourth-order valence-corrected chi connectivity index (χ4v) is 4.15. The molecule has 0 saturated carbocycles. The molecule has 0 bridgehead atoms. The van der Waals surface area contributed by atoms with Crippen LogP contribution < -0.4 is 10.1 Å². The van der Waals surface area contributed by atoms with Gasteiger partial charge in [-0.2, -0.15) is 0 Å². The number of carbonyl (C=O) groups is 1. The highest BCUT2D eigenvalue weighted by Crippen LogP contribution is 2.20. The number of hydrogen-bond acceptors (Lipinski definition) is 4. The summed E-state index contributed by atoms with van der Waals surface area (Å²) < 4.78 is 5.75. The second-order valence-electron chi connectivity index (χ2n) is 6.09. The van der Waals surface area contributed by atoms with Crippen LogP contribution in [0.2, 0.25) is 5.02 Å². The van der Waals surface area contributed by atoms with Gasteiger partial charge in [0.2, 0.25) is 0 Å². The number of amides is 1. The number of thioether (sulfide) groups is 2. The van der Waals surface area contributed by atoms with E-state index in [1.807, 2.05) is 54.6 Å². The third-order valence-corrected chi connectivity index (χ3v) is 6.19. The molecule has 3 rings (SSSR count). The third-order valence-electron chi connectivity index (χ3n) is 3.95. The van der Waals surface area contributed by atoms with E-state index < -0.39 is 0 Å². The molecule has 0 aliphatic heterocycles. The van der Waals surface area contributed by atoms with Gasteiger partial charge in [0.1, 0.15) is 5.75 Å². The van der Waals surface area contributed by atoms with Crippen LogP contribution in [0.1, 0.15) is 10.4 Å². The van der Waals surface area contributed by atoms with Gasteiger partial charge in [-0.3, -0.25) is 4.79 Å². The van der Waals surface area contributed by atoms with Crippen LogP contribution in [0, 0.1) is 0 Å². The number of hydrogen-bond donors (Lipinski definition) is 1. The minimum Gasteiger partial charge on any atom is -0.493 e. The van der Waals surface area contributed by atoms with Crippen LogP contribution in [-0.2, 0) is 0 Å². The Morgan fingerprint density at radius 3 is 2.21 bits per heavy atom. The first kappa shape index (κ1) is 21.6. The van der Waals surface area contributed by atoms with Gasteiger partial charge in [0.05, 0.1) is 6.61 Å². The van der Waals surface area contributed by atoms with E-state index in [2.05, 4.69) is 17.4 Å². The Morgan fingerprint density at radius 1 is 0.828 bits per heavy atom. The number of carbonyl (C=O) groups excluding carboxylic acids is 1. The Balaban J connectivity index is 1.34. The molecule has 0 fully saturated rings. The van der Waals surface area contributed by atoms with Crippen molar-refractivity contribution in [3.63, 3.8) is 0 Å². The molecule has 0 radical (unpaired) electrons. The SMILES string of the molecule is O=C(NCCSc1ccc(Cl)cc1)c1ccc(OCCSc2ccccc2)cc1. The van der Waals surface area contributed by atoms with Crippen LogP contribution >= 0.6 is 35.1 Å². The molecule has 0 unspecified atom stereocenters. The molecule has 0 saturated heterocycles. The monoisotopic (exact) mass is 443 g/mol. The summed E-state index contributed by atoms with van der Waals surface area (Å²) in [4.78, 5) is 14.6. The summed E-state index contributed by atoms with van der Waals surface area (Å²) in [6, 6.07) is 25.2. The minimum atomic E-state index is -0.0760. The van der Waals surface area contributed by atoms with E-state index in [0.29, 0.717) is 18.7 Å². The molecule has 3 nitrogen and oxygen atoms in total. The molecular formula is C23H22ClNO2S2. The number of benzene rings is 3. The topological polar surface area (TPSA) is 38.3 Å². The van der Waals surface area contributed by atoms with Gasteiger partial charge in [0.15, 0.2) is 0 Å². The summed E-state index contributed by atoms with van der Waals surface area (Å²) in [5.41, 5.74) is 0.632. The number of nitrogens with one attached hydrogen (secondary N) is 1. The van der Waals surface area contributed by atoms with Crippen LogP contribution in [0.4, 0.5) is 0 Å². The summed E-state index contributed by atoms with van der Waals surface area (Å²) in [7, 11) is 0. The second-order valence-corrected chi connectivity index (χ2v) is 8.87. The first-order valence-corrected chi connectivity index (χ1v) is 11.6. The van der Waals surface area contributed by atoms with Gasteiger partial charge in [-0.1, -0.05) is 29.8 Å². The predicted molar refractivity (Wildman–Crippen MR) is 124 cm³/mol. The maximum Gasteiger partial charge on any atom is 0.251 e. The van der Waals surface area contributed by atoms with Gasteiger partial charge >= 0.3 is 0 Å². The lowest BCUT2D eigenvalue weighted by atomic mass is 10.2. The molecule has 150 valence electrons. The van der Waals surface area contributed by atoms with Crippen molar-refractivity contribution in [2.75, 3.05) is 24.7 Å². The van der Waals surface area contributed by atoms with Crippen LogP contribution in [0.5, 0.6) is 5.75 Å². The molecular weight excluding hydrogens is 422 g/mol.